The van der Waals surface area contributed by atoms with Gasteiger partial charge in [0.2, 0.25) is 0 Å². The van der Waals surface area contributed by atoms with Crippen LogP contribution in [-0.4, -0.2) is 56.0 Å². The molecule has 0 saturated carbocycles. The average molecular weight is 362 g/mol. The second-order valence-corrected chi connectivity index (χ2v) is 7.48. The van der Waals surface area contributed by atoms with Crippen molar-refractivity contribution in [1.29, 1.82) is 0 Å². The highest BCUT2D eigenvalue weighted by Gasteiger charge is 2.35. The van der Waals surface area contributed by atoms with E-state index in [2.05, 4.69) is 25.2 Å². The minimum atomic E-state index is -0.0533. The van der Waals surface area contributed by atoms with Crippen molar-refractivity contribution in [2.24, 2.45) is 5.92 Å². The maximum atomic E-state index is 12.7. The molecule has 138 valence electrons. The molecule has 3 aliphatic heterocycles. The first-order valence-corrected chi connectivity index (χ1v) is 9.50. The first-order valence-electron chi connectivity index (χ1n) is 9.50. The number of piperidine rings is 3. The van der Waals surface area contributed by atoms with Gasteiger partial charge in [0.25, 0.3) is 5.91 Å². The molecule has 2 bridgehead atoms. The maximum absolute atomic E-state index is 12.7. The van der Waals surface area contributed by atoms with Crippen LogP contribution in [0.5, 0.6) is 0 Å². The van der Waals surface area contributed by atoms with Crippen molar-refractivity contribution in [3.8, 4) is 0 Å². The normalized spacial score (nSPS) is 24.2. The van der Waals surface area contributed by atoms with Gasteiger partial charge in [0.05, 0.1) is 24.1 Å². The fourth-order valence-electron chi connectivity index (χ4n) is 4.24. The SMILES string of the molecule is O=C(NC1CN2CCC1CC2)c1cnc2c(c1)ncn2Cc1ccccn1. The second kappa shape index (κ2) is 6.74. The molecule has 6 heterocycles. The highest BCUT2D eigenvalue weighted by molar-refractivity contribution is 5.96. The Morgan fingerprint density at radius 2 is 2.07 bits per heavy atom. The van der Waals surface area contributed by atoms with Crippen molar-refractivity contribution in [1.82, 2.24) is 29.7 Å². The molecular weight excluding hydrogens is 340 g/mol. The lowest BCUT2D eigenvalue weighted by molar-refractivity contribution is 0.0620. The number of carbonyl (C=O) groups is 1. The molecule has 3 saturated heterocycles. The van der Waals surface area contributed by atoms with Gasteiger partial charge in [-0.15, -0.1) is 0 Å². The van der Waals surface area contributed by atoms with Crippen molar-refractivity contribution in [3.63, 3.8) is 0 Å². The Balaban J connectivity index is 1.33. The standard InChI is InChI=1S/C20H22N6O/c27-20(24-18-12-25-7-4-14(18)5-8-25)15-9-17-19(22-10-15)26(13-23-17)11-16-3-1-2-6-21-16/h1-3,6,9-10,13-14,18H,4-5,7-8,11-12H2,(H,24,27). The molecule has 1 unspecified atom stereocenters. The van der Waals surface area contributed by atoms with E-state index < -0.39 is 0 Å². The monoisotopic (exact) mass is 362 g/mol. The van der Waals surface area contributed by atoms with Crippen LogP contribution in [0.2, 0.25) is 0 Å². The lowest BCUT2D eigenvalue weighted by atomic mass is 9.84. The molecule has 3 fully saturated rings. The van der Waals surface area contributed by atoms with Crippen LogP contribution in [0, 0.1) is 5.92 Å². The molecule has 6 rings (SSSR count). The number of carbonyl (C=O) groups excluding carboxylic acids is 1. The minimum Gasteiger partial charge on any atom is -0.348 e. The van der Waals surface area contributed by atoms with E-state index >= 15 is 0 Å². The van der Waals surface area contributed by atoms with Gasteiger partial charge >= 0.3 is 0 Å². The highest BCUT2D eigenvalue weighted by atomic mass is 16.1. The number of hydrogen-bond donors (Lipinski definition) is 1. The summed E-state index contributed by atoms with van der Waals surface area (Å²) in [7, 11) is 0. The van der Waals surface area contributed by atoms with Gasteiger partial charge in [0.1, 0.15) is 5.52 Å². The van der Waals surface area contributed by atoms with E-state index in [1.54, 1.807) is 18.7 Å². The molecule has 0 radical (unpaired) electrons. The smallest absolute Gasteiger partial charge is 0.253 e. The fraction of sp³-hybridized carbons (Fsp3) is 0.400. The lowest BCUT2D eigenvalue weighted by Crippen LogP contribution is -2.57. The Morgan fingerprint density at radius 3 is 2.81 bits per heavy atom. The van der Waals surface area contributed by atoms with Crippen LogP contribution < -0.4 is 5.32 Å². The van der Waals surface area contributed by atoms with E-state index in [0.717, 1.165) is 36.5 Å². The number of amides is 1. The van der Waals surface area contributed by atoms with E-state index in [4.69, 9.17) is 0 Å². The topological polar surface area (TPSA) is 75.9 Å². The highest BCUT2D eigenvalue weighted by Crippen LogP contribution is 2.27. The van der Waals surface area contributed by atoms with Crippen molar-refractivity contribution >= 4 is 17.1 Å². The van der Waals surface area contributed by atoms with Gasteiger partial charge in [0.15, 0.2) is 5.65 Å². The zero-order chi connectivity index (χ0) is 18.2. The van der Waals surface area contributed by atoms with Crippen molar-refractivity contribution in [2.45, 2.75) is 25.4 Å². The van der Waals surface area contributed by atoms with Gasteiger partial charge in [-0.25, -0.2) is 9.97 Å². The summed E-state index contributed by atoms with van der Waals surface area (Å²) >= 11 is 0. The second-order valence-electron chi connectivity index (χ2n) is 7.48. The van der Waals surface area contributed by atoms with E-state index in [1.165, 1.54) is 12.8 Å². The molecule has 1 N–H and O–H groups in total. The Bertz CT molecular complexity index is 961. The summed E-state index contributed by atoms with van der Waals surface area (Å²) in [5.74, 6) is 0.552. The molecule has 3 aromatic heterocycles. The van der Waals surface area contributed by atoms with Gasteiger partial charge in [-0.1, -0.05) is 6.07 Å². The largest absolute Gasteiger partial charge is 0.348 e. The minimum absolute atomic E-state index is 0.0533. The van der Waals surface area contributed by atoms with Crippen LogP contribution in [-0.2, 0) is 6.54 Å². The van der Waals surface area contributed by atoms with E-state index in [1.807, 2.05) is 28.8 Å². The number of pyridine rings is 2. The first-order chi connectivity index (χ1) is 13.3. The van der Waals surface area contributed by atoms with Crippen LogP contribution >= 0.6 is 0 Å². The number of rotatable bonds is 4. The van der Waals surface area contributed by atoms with Crippen LogP contribution in [0.3, 0.4) is 0 Å². The summed E-state index contributed by atoms with van der Waals surface area (Å²) in [5, 5.41) is 3.21. The van der Waals surface area contributed by atoms with E-state index in [-0.39, 0.29) is 11.9 Å². The maximum Gasteiger partial charge on any atom is 0.253 e. The van der Waals surface area contributed by atoms with Crippen molar-refractivity contribution < 1.29 is 4.79 Å². The van der Waals surface area contributed by atoms with Crippen LogP contribution in [0.1, 0.15) is 28.9 Å². The van der Waals surface area contributed by atoms with Gasteiger partial charge in [-0.2, -0.15) is 0 Å². The quantitative estimate of drug-likeness (QED) is 0.764. The Kier molecular flexibility index (Phi) is 4.09. The van der Waals surface area contributed by atoms with Crippen LogP contribution in [0.4, 0.5) is 0 Å². The van der Waals surface area contributed by atoms with Crippen molar-refractivity contribution in [2.75, 3.05) is 19.6 Å². The predicted octanol–water partition coefficient (Wildman–Crippen LogP) is 1.70. The lowest BCUT2D eigenvalue weighted by Gasteiger charge is -2.44. The predicted molar refractivity (Wildman–Crippen MR) is 101 cm³/mol. The summed E-state index contributed by atoms with van der Waals surface area (Å²) in [6.45, 7) is 3.90. The molecule has 27 heavy (non-hydrogen) atoms. The summed E-state index contributed by atoms with van der Waals surface area (Å²) < 4.78 is 1.95. The third kappa shape index (κ3) is 3.19. The number of nitrogens with zero attached hydrogens (tertiary/aromatic N) is 5. The first kappa shape index (κ1) is 16.4. The molecule has 0 aliphatic carbocycles. The molecule has 1 atom stereocenters. The molecule has 0 aromatic carbocycles. The number of fused-ring (bicyclic) bond motifs is 4. The van der Waals surface area contributed by atoms with E-state index in [9.17, 15) is 4.79 Å². The molecule has 7 heteroatoms. The number of imidazole rings is 1. The zero-order valence-corrected chi connectivity index (χ0v) is 15.1. The Labute approximate surface area is 157 Å². The van der Waals surface area contributed by atoms with Gasteiger partial charge in [0, 0.05) is 25.0 Å². The fourth-order valence-corrected chi connectivity index (χ4v) is 4.24. The summed E-state index contributed by atoms with van der Waals surface area (Å²) in [5.41, 5.74) is 3.01. The Hall–Kier alpha value is -2.80. The number of nitrogens with one attached hydrogen (secondary N) is 1. The molecular formula is C20H22N6O. The number of hydrogen-bond acceptors (Lipinski definition) is 5. The molecule has 0 spiro atoms. The van der Waals surface area contributed by atoms with Crippen LogP contribution in [0.15, 0.2) is 43.0 Å². The van der Waals surface area contributed by atoms with Crippen LogP contribution in [0.25, 0.3) is 11.2 Å². The summed E-state index contributed by atoms with van der Waals surface area (Å²) in [6, 6.07) is 7.91. The van der Waals surface area contributed by atoms with E-state index in [0.29, 0.717) is 18.0 Å². The van der Waals surface area contributed by atoms with Crippen molar-refractivity contribution in [3.05, 3.63) is 54.2 Å². The zero-order valence-electron chi connectivity index (χ0n) is 15.1. The number of aromatic nitrogens is 4. The molecule has 3 aliphatic rings. The summed E-state index contributed by atoms with van der Waals surface area (Å²) in [4.78, 5) is 28.4. The van der Waals surface area contributed by atoms with Gasteiger partial charge in [-0.05, 0) is 50.0 Å². The molecule has 1 amide bonds. The molecule has 7 nitrogen and oxygen atoms in total. The average Bonchev–Trinajstić information content (AvgIpc) is 3.12. The third-order valence-corrected chi connectivity index (χ3v) is 5.75. The molecule has 3 aromatic rings. The third-order valence-electron chi connectivity index (χ3n) is 5.75. The van der Waals surface area contributed by atoms with Gasteiger partial charge in [-0.3, -0.25) is 9.78 Å². The Morgan fingerprint density at radius 1 is 1.19 bits per heavy atom. The summed E-state index contributed by atoms with van der Waals surface area (Å²) in [6.07, 6.45) is 7.54. The van der Waals surface area contributed by atoms with Gasteiger partial charge < -0.3 is 14.8 Å².